The van der Waals surface area contributed by atoms with E-state index < -0.39 is 0 Å². The second-order valence-electron chi connectivity index (χ2n) is 4.15. The molecule has 1 aromatic carbocycles. The van der Waals surface area contributed by atoms with E-state index in [9.17, 15) is 5.11 Å². The molecule has 0 amide bonds. The third kappa shape index (κ3) is 2.48. The average molecular weight is 241 g/mol. The normalized spacial score (nSPS) is 16.4. The number of halogens is 1. The monoisotopic (exact) mass is 240 g/mol. The minimum atomic E-state index is 0.329. The first-order valence-corrected chi connectivity index (χ1v) is 6.00. The van der Waals surface area contributed by atoms with Gasteiger partial charge in [-0.05, 0) is 24.7 Å². The van der Waals surface area contributed by atoms with Crippen LogP contribution in [0.3, 0.4) is 0 Å². The number of likely N-dealkylation sites (N-methyl/N-ethyl adjacent to an activating group) is 1. The Labute approximate surface area is 101 Å². The third-order valence-corrected chi connectivity index (χ3v) is 3.33. The fourth-order valence-corrected chi connectivity index (χ4v) is 2.12. The standard InChI is InChI=1S/C12H17ClN2O/c1-2-15(11-6-14-7-11)8-9-5-10(13)3-4-12(9)16/h3-5,11,14,16H,2,6-8H2,1H3. The molecule has 2 N–H and O–H groups in total. The molecule has 1 fully saturated rings. The van der Waals surface area contributed by atoms with Crippen LogP contribution in [0.5, 0.6) is 5.75 Å². The van der Waals surface area contributed by atoms with E-state index in [0.29, 0.717) is 16.8 Å². The van der Waals surface area contributed by atoms with E-state index in [2.05, 4.69) is 17.1 Å². The summed E-state index contributed by atoms with van der Waals surface area (Å²) in [6, 6.07) is 5.79. The van der Waals surface area contributed by atoms with Gasteiger partial charge in [0.25, 0.3) is 0 Å². The van der Waals surface area contributed by atoms with Gasteiger partial charge in [0, 0.05) is 36.3 Å². The van der Waals surface area contributed by atoms with E-state index in [0.717, 1.165) is 31.7 Å². The van der Waals surface area contributed by atoms with Crippen molar-refractivity contribution in [1.82, 2.24) is 10.2 Å². The van der Waals surface area contributed by atoms with E-state index in [1.807, 2.05) is 6.07 Å². The van der Waals surface area contributed by atoms with Gasteiger partial charge in [-0.3, -0.25) is 4.90 Å². The zero-order chi connectivity index (χ0) is 11.5. The zero-order valence-corrected chi connectivity index (χ0v) is 10.2. The molecule has 4 heteroatoms. The number of phenolic OH excluding ortho intramolecular Hbond substituents is 1. The molecule has 1 heterocycles. The fourth-order valence-electron chi connectivity index (χ4n) is 1.93. The molecule has 1 aliphatic rings. The van der Waals surface area contributed by atoms with Crippen LogP contribution in [0.1, 0.15) is 12.5 Å². The molecular weight excluding hydrogens is 224 g/mol. The second-order valence-corrected chi connectivity index (χ2v) is 4.58. The van der Waals surface area contributed by atoms with Crippen molar-refractivity contribution in [3.63, 3.8) is 0 Å². The van der Waals surface area contributed by atoms with E-state index in [-0.39, 0.29) is 0 Å². The maximum Gasteiger partial charge on any atom is 0.120 e. The van der Waals surface area contributed by atoms with E-state index >= 15 is 0 Å². The Morgan fingerprint density at radius 1 is 1.50 bits per heavy atom. The van der Waals surface area contributed by atoms with Crippen molar-refractivity contribution in [2.75, 3.05) is 19.6 Å². The summed E-state index contributed by atoms with van der Waals surface area (Å²) in [5.74, 6) is 0.329. The maximum atomic E-state index is 9.75. The minimum absolute atomic E-state index is 0.329. The molecule has 0 atom stereocenters. The Morgan fingerprint density at radius 3 is 2.81 bits per heavy atom. The number of hydrogen-bond donors (Lipinski definition) is 2. The highest BCUT2D eigenvalue weighted by Crippen LogP contribution is 2.23. The predicted molar refractivity (Wildman–Crippen MR) is 65.9 cm³/mol. The maximum absolute atomic E-state index is 9.75. The molecule has 0 unspecified atom stereocenters. The lowest BCUT2D eigenvalue weighted by atomic mass is 10.1. The summed E-state index contributed by atoms with van der Waals surface area (Å²) in [5, 5.41) is 13.7. The van der Waals surface area contributed by atoms with Crippen molar-refractivity contribution >= 4 is 11.6 Å². The summed E-state index contributed by atoms with van der Waals surface area (Å²) in [5.41, 5.74) is 0.904. The van der Waals surface area contributed by atoms with Gasteiger partial charge >= 0.3 is 0 Å². The highest BCUT2D eigenvalue weighted by Gasteiger charge is 2.23. The van der Waals surface area contributed by atoms with Crippen molar-refractivity contribution < 1.29 is 5.11 Å². The van der Waals surface area contributed by atoms with Crippen LogP contribution in [0.4, 0.5) is 0 Å². The van der Waals surface area contributed by atoms with Gasteiger partial charge in [-0.25, -0.2) is 0 Å². The van der Waals surface area contributed by atoms with E-state index in [1.165, 1.54) is 0 Å². The number of rotatable bonds is 4. The molecule has 1 aromatic rings. The van der Waals surface area contributed by atoms with Crippen molar-refractivity contribution in [3.05, 3.63) is 28.8 Å². The molecule has 88 valence electrons. The number of nitrogens with one attached hydrogen (secondary N) is 1. The molecule has 3 nitrogen and oxygen atoms in total. The van der Waals surface area contributed by atoms with Crippen LogP contribution in [0, 0.1) is 0 Å². The summed E-state index contributed by atoms with van der Waals surface area (Å²) in [6.07, 6.45) is 0. The second kappa shape index (κ2) is 5.04. The summed E-state index contributed by atoms with van der Waals surface area (Å²) in [7, 11) is 0. The number of nitrogens with zero attached hydrogens (tertiary/aromatic N) is 1. The van der Waals surface area contributed by atoms with Crippen LogP contribution in [0.25, 0.3) is 0 Å². The Hall–Kier alpha value is -0.770. The average Bonchev–Trinajstić information content (AvgIpc) is 2.19. The summed E-state index contributed by atoms with van der Waals surface area (Å²) < 4.78 is 0. The van der Waals surface area contributed by atoms with Gasteiger partial charge in [-0.15, -0.1) is 0 Å². The quantitative estimate of drug-likeness (QED) is 0.843. The Kier molecular flexibility index (Phi) is 3.69. The topological polar surface area (TPSA) is 35.5 Å². The van der Waals surface area contributed by atoms with Crippen LogP contribution in [-0.2, 0) is 6.54 Å². The Morgan fingerprint density at radius 2 is 2.25 bits per heavy atom. The summed E-state index contributed by atoms with van der Waals surface area (Å²) >= 11 is 5.93. The number of hydrogen-bond acceptors (Lipinski definition) is 3. The first-order chi connectivity index (χ1) is 7.70. The van der Waals surface area contributed by atoms with Crippen LogP contribution in [0.2, 0.25) is 5.02 Å². The van der Waals surface area contributed by atoms with Crippen molar-refractivity contribution in [2.45, 2.75) is 19.5 Å². The summed E-state index contributed by atoms with van der Waals surface area (Å²) in [6.45, 7) is 5.96. The van der Waals surface area contributed by atoms with Crippen molar-refractivity contribution in [1.29, 1.82) is 0 Å². The fraction of sp³-hybridized carbons (Fsp3) is 0.500. The number of aromatic hydroxyl groups is 1. The highest BCUT2D eigenvalue weighted by atomic mass is 35.5. The lowest BCUT2D eigenvalue weighted by molar-refractivity contribution is 0.144. The zero-order valence-electron chi connectivity index (χ0n) is 9.41. The van der Waals surface area contributed by atoms with E-state index in [4.69, 9.17) is 11.6 Å². The Balaban J connectivity index is 2.08. The van der Waals surface area contributed by atoms with Crippen LogP contribution in [0.15, 0.2) is 18.2 Å². The smallest absolute Gasteiger partial charge is 0.120 e. The lowest BCUT2D eigenvalue weighted by Gasteiger charge is -2.37. The minimum Gasteiger partial charge on any atom is -0.508 e. The molecule has 1 aliphatic heterocycles. The molecule has 0 aliphatic carbocycles. The molecule has 16 heavy (non-hydrogen) atoms. The molecule has 1 saturated heterocycles. The predicted octanol–water partition coefficient (Wildman–Crippen LogP) is 1.84. The largest absolute Gasteiger partial charge is 0.508 e. The highest BCUT2D eigenvalue weighted by molar-refractivity contribution is 6.30. The third-order valence-electron chi connectivity index (χ3n) is 3.10. The van der Waals surface area contributed by atoms with Gasteiger partial charge in [0.2, 0.25) is 0 Å². The first-order valence-electron chi connectivity index (χ1n) is 5.63. The van der Waals surface area contributed by atoms with E-state index in [1.54, 1.807) is 12.1 Å². The van der Waals surface area contributed by atoms with Crippen LogP contribution < -0.4 is 5.32 Å². The molecule has 0 saturated carbocycles. The molecule has 2 rings (SSSR count). The molecule has 0 radical (unpaired) electrons. The molecule has 0 spiro atoms. The lowest BCUT2D eigenvalue weighted by Crippen LogP contribution is -2.56. The number of benzene rings is 1. The van der Waals surface area contributed by atoms with Gasteiger partial charge in [-0.2, -0.15) is 0 Å². The van der Waals surface area contributed by atoms with Gasteiger partial charge in [0.15, 0.2) is 0 Å². The van der Waals surface area contributed by atoms with Gasteiger partial charge in [0.1, 0.15) is 5.75 Å². The van der Waals surface area contributed by atoms with Crippen LogP contribution in [-0.4, -0.2) is 35.7 Å². The van der Waals surface area contributed by atoms with Gasteiger partial charge in [-0.1, -0.05) is 18.5 Å². The molecular formula is C12H17ClN2O. The number of phenols is 1. The Bertz CT molecular complexity index is 366. The van der Waals surface area contributed by atoms with Crippen molar-refractivity contribution in [3.8, 4) is 5.75 Å². The first kappa shape index (κ1) is 11.7. The summed E-state index contributed by atoms with van der Waals surface area (Å²) in [4.78, 5) is 2.35. The van der Waals surface area contributed by atoms with Gasteiger partial charge < -0.3 is 10.4 Å². The molecule has 0 bridgehead atoms. The van der Waals surface area contributed by atoms with Crippen molar-refractivity contribution in [2.24, 2.45) is 0 Å². The van der Waals surface area contributed by atoms with Gasteiger partial charge in [0.05, 0.1) is 0 Å². The SMILES string of the molecule is CCN(Cc1cc(Cl)ccc1O)C1CNC1. The van der Waals surface area contributed by atoms with Crippen LogP contribution >= 0.6 is 11.6 Å². The molecule has 0 aromatic heterocycles.